The predicted octanol–water partition coefficient (Wildman–Crippen LogP) is 1.15. The van der Waals surface area contributed by atoms with Gasteiger partial charge in [0.1, 0.15) is 0 Å². The molecule has 2 fully saturated rings. The molecule has 2 N–H and O–H groups in total. The Morgan fingerprint density at radius 3 is 2.80 bits per heavy atom. The van der Waals surface area contributed by atoms with Crippen LogP contribution < -0.4 is 5.32 Å². The first-order valence-corrected chi connectivity index (χ1v) is 8.30. The first-order valence-electron chi connectivity index (χ1n) is 8.30. The molecule has 2 rings (SSSR count). The van der Waals surface area contributed by atoms with Crippen LogP contribution in [0, 0.1) is 5.92 Å². The number of piperidine rings is 1. The summed E-state index contributed by atoms with van der Waals surface area (Å²) in [5.74, 6) is 0.626. The van der Waals surface area contributed by atoms with Crippen molar-refractivity contribution in [2.45, 2.75) is 50.1 Å². The lowest BCUT2D eigenvalue weighted by atomic mass is 9.85. The Morgan fingerprint density at radius 2 is 2.15 bits per heavy atom. The van der Waals surface area contributed by atoms with E-state index in [0.717, 1.165) is 13.0 Å². The maximum atomic E-state index is 9.75. The molecule has 0 bridgehead atoms. The van der Waals surface area contributed by atoms with Gasteiger partial charge in [-0.25, -0.2) is 0 Å². The van der Waals surface area contributed by atoms with Gasteiger partial charge in [-0.05, 0) is 72.3 Å². The van der Waals surface area contributed by atoms with Crippen molar-refractivity contribution in [2.75, 3.05) is 47.4 Å². The van der Waals surface area contributed by atoms with Crippen LogP contribution in [0.25, 0.3) is 0 Å². The van der Waals surface area contributed by atoms with E-state index >= 15 is 0 Å². The van der Waals surface area contributed by atoms with Gasteiger partial charge < -0.3 is 20.2 Å². The maximum Gasteiger partial charge on any atom is 0.0615 e. The van der Waals surface area contributed by atoms with E-state index in [1.807, 2.05) is 7.05 Å². The molecule has 1 saturated carbocycles. The first-order chi connectivity index (χ1) is 9.61. The molecule has 4 nitrogen and oxygen atoms in total. The summed E-state index contributed by atoms with van der Waals surface area (Å²) in [6, 6.07) is 0.716. The highest BCUT2D eigenvalue weighted by molar-refractivity contribution is 4.98. The monoisotopic (exact) mass is 283 g/mol. The Kier molecular flexibility index (Phi) is 5.84. The van der Waals surface area contributed by atoms with Crippen LogP contribution in [0.1, 0.15) is 38.5 Å². The Labute approximate surface area is 124 Å². The summed E-state index contributed by atoms with van der Waals surface area (Å²) in [4.78, 5) is 5.00. The fraction of sp³-hybridized carbons (Fsp3) is 1.00. The second-order valence-electron chi connectivity index (χ2n) is 6.98. The lowest BCUT2D eigenvalue weighted by Gasteiger charge is -2.38. The van der Waals surface area contributed by atoms with Gasteiger partial charge in [-0.1, -0.05) is 6.42 Å². The maximum absolute atomic E-state index is 9.75. The molecule has 1 saturated heterocycles. The van der Waals surface area contributed by atoms with Gasteiger partial charge in [0.2, 0.25) is 0 Å². The Hall–Kier alpha value is -0.160. The lowest BCUT2D eigenvalue weighted by Crippen LogP contribution is -2.51. The normalized spacial score (nSPS) is 35.9. The summed E-state index contributed by atoms with van der Waals surface area (Å²) in [7, 11) is 6.52. The van der Waals surface area contributed by atoms with Gasteiger partial charge in [-0.15, -0.1) is 0 Å². The van der Waals surface area contributed by atoms with Crippen LogP contribution >= 0.6 is 0 Å². The van der Waals surface area contributed by atoms with E-state index in [0.29, 0.717) is 12.0 Å². The Bertz CT molecular complexity index is 293. The average molecular weight is 283 g/mol. The molecule has 0 amide bonds. The number of likely N-dealkylation sites (tertiary alicyclic amines) is 1. The van der Waals surface area contributed by atoms with E-state index < -0.39 is 0 Å². The van der Waals surface area contributed by atoms with Crippen LogP contribution in [0.3, 0.4) is 0 Å². The van der Waals surface area contributed by atoms with Crippen molar-refractivity contribution in [3.8, 4) is 0 Å². The highest BCUT2D eigenvalue weighted by Crippen LogP contribution is 2.37. The van der Waals surface area contributed by atoms with Gasteiger partial charge in [0, 0.05) is 18.1 Å². The highest BCUT2D eigenvalue weighted by Gasteiger charge is 2.40. The first kappa shape index (κ1) is 16.2. The fourth-order valence-corrected chi connectivity index (χ4v) is 4.22. The van der Waals surface area contributed by atoms with Gasteiger partial charge in [-0.3, -0.25) is 0 Å². The summed E-state index contributed by atoms with van der Waals surface area (Å²) < 4.78 is 0. The van der Waals surface area contributed by atoms with Crippen LogP contribution in [-0.4, -0.2) is 73.9 Å². The van der Waals surface area contributed by atoms with Gasteiger partial charge in [-0.2, -0.15) is 0 Å². The Balaban J connectivity index is 1.82. The van der Waals surface area contributed by atoms with Gasteiger partial charge >= 0.3 is 0 Å². The van der Waals surface area contributed by atoms with Crippen molar-refractivity contribution in [3.63, 3.8) is 0 Å². The summed E-state index contributed by atoms with van der Waals surface area (Å²) in [5, 5.41) is 13.2. The molecule has 0 aromatic carbocycles. The third-order valence-electron chi connectivity index (χ3n) is 5.79. The number of nitrogens with zero attached hydrogens (tertiary/aromatic N) is 2. The zero-order valence-corrected chi connectivity index (χ0v) is 13.6. The SMILES string of the molecule is CNC1(CO)CCCC1CCN(C)C1CCCN(C)C1. The molecule has 0 aromatic heterocycles. The number of rotatable bonds is 6. The minimum absolute atomic E-state index is 0.00973. The van der Waals surface area contributed by atoms with Crippen molar-refractivity contribution in [1.82, 2.24) is 15.1 Å². The van der Waals surface area contributed by atoms with Crippen molar-refractivity contribution in [2.24, 2.45) is 5.92 Å². The third kappa shape index (κ3) is 3.53. The topological polar surface area (TPSA) is 38.7 Å². The molecule has 1 heterocycles. The number of likely N-dealkylation sites (N-methyl/N-ethyl adjacent to an activating group) is 3. The number of hydrogen-bond acceptors (Lipinski definition) is 4. The van der Waals surface area contributed by atoms with Crippen LogP contribution in [0.2, 0.25) is 0 Å². The smallest absolute Gasteiger partial charge is 0.0615 e. The van der Waals surface area contributed by atoms with Crippen LogP contribution in [0.5, 0.6) is 0 Å². The quantitative estimate of drug-likeness (QED) is 0.767. The molecule has 20 heavy (non-hydrogen) atoms. The van der Waals surface area contributed by atoms with E-state index in [9.17, 15) is 5.11 Å². The summed E-state index contributed by atoms with van der Waals surface area (Å²) in [5.41, 5.74) is -0.00973. The molecule has 3 atom stereocenters. The number of nitrogens with one attached hydrogen (secondary N) is 1. The molecule has 3 unspecified atom stereocenters. The number of aliphatic hydroxyl groups is 1. The number of aliphatic hydroxyl groups excluding tert-OH is 1. The minimum Gasteiger partial charge on any atom is -0.394 e. The predicted molar refractivity (Wildman–Crippen MR) is 84.0 cm³/mol. The van der Waals surface area contributed by atoms with E-state index in [2.05, 4.69) is 29.2 Å². The van der Waals surface area contributed by atoms with Gasteiger partial charge in [0.25, 0.3) is 0 Å². The summed E-state index contributed by atoms with van der Waals surface area (Å²) in [6.07, 6.45) is 7.51. The molecular weight excluding hydrogens is 250 g/mol. The van der Waals surface area contributed by atoms with Crippen LogP contribution in [0.15, 0.2) is 0 Å². The second-order valence-corrected chi connectivity index (χ2v) is 6.98. The fourth-order valence-electron chi connectivity index (χ4n) is 4.22. The second kappa shape index (κ2) is 7.21. The van der Waals surface area contributed by atoms with Crippen LogP contribution in [-0.2, 0) is 0 Å². The minimum atomic E-state index is -0.00973. The molecule has 1 aliphatic carbocycles. The Morgan fingerprint density at radius 1 is 1.35 bits per heavy atom. The van der Waals surface area contributed by atoms with Crippen molar-refractivity contribution in [3.05, 3.63) is 0 Å². The lowest BCUT2D eigenvalue weighted by molar-refractivity contribution is 0.100. The standard InChI is InChI=1S/C16H33N3O/c1-17-16(13-20)9-4-6-14(16)8-11-19(3)15-7-5-10-18(2)12-15/h14-15,17,20H,4-13H2,1-3H3. The molecule has 1 aliphatic heterocycles. The van der Waals surface area contributed by atoms with E-state index in [1.165, 1.54) is 45.2 Å². The molecule has 4 heteroatoms. The van der Waals surface area contributed by atoms with Crippen LogP contribution in [0.4, 0.5) is 0 Å². The molecule has 0 aromatic rings. The van der Waals surface area contributed by atoms with Crippen molar-refractivity contribution >= 4 is 0 Å². The van der Waals surface area contributed by atoms with Crippen molar-refractivity contribution in [1.29, 1.82) is 0 Å². The third-order valence-corrected chi connectivity index (χ3v) is 5.79. The molecule has 118 valence electrons. The average Bonchev–Trinajstić information content (AvgIpc) is 2.88. The largest absolute Gasteiger partial charge is 0.394 e. The van der Waals surface area contributed by atoms with E-state index in [-0.39, 0.29) is 12.1 Å². The molecular formula is C16H33N3O. The highest BCUT2D eigenvalue weighted by atomic mass is 16.3. The van der Waals surface area contributed by atoms with Crippen molar-refractivity contribution < 1.29 is 5.11 Å². The van der Waals surface area contributed by atoms with Gasteiger partial charge in [0.15, 0.2) is 0 Å². The zero-order chi connectivity index (χ0) is 14.6. The number of hydrogen-bond donors (Lipinski definition) is 2. The molecule has 0 spiro atoms. The molecule has 2 aliphatic rings. The van der Waals surface area contributed by atoms with E-state index in [4.69, 9.17) is 0 Å². The van der Waals surface area contributed by atoms with E-state index in [1.54, 1.807) is 0 Å². The zero-order valence-electron chi connectivity index (χ0n) is 13.6. The summed E-state index contributed by atoms with van der Waals surface area (Å²) in [6.45, 7) is 3.90. The molecule has 0 radical (unpaired) electrons. The van der Waals surface area contributed by atoms with Gasteiger partial charge in [0.05, 0.1) is 6.61 Å². The summed E-state index contributed by atoms with van der Waals surface area (Å²) >= 11 is 0.